The molecule has 1 aromatic carbocycles. The summed E-state index contributed by atoms with van der Waals surface area (Å²) in [5.41, 5.74) is 1.16. The van der Waals surface area contributed by atoms with E-state index in [9.17, 15) is 9.90 Å². The molecule has 4 rings (SSSR count). The predicted molar refractivity (Wildman–Crippen MR) is 144 cm³/mol. The van der Waals surface area contributed by atoms with Gasteiger partial charge in [0.2, 0.25) is 0 Å². The molecule has 1 aromatic heterocycles. The summed E-state index contributed by atoms with van der Waals surface area (Å²) in [6, 6.07) is 9.89. The van der Waals surface area contributed by atoms with Crippen molar-refractivity contribution in [2.75, 3.05) is 52.4 Å². The number of anilines is 1. The van der Waals surface area contributed by atoms with Crippen LogP contribution >= 0.6 is 0 Å². The summed E-state index contributed by atoms with van der Waals surface area (Å²) < 4.78 is 11.3. The lowest BCUT2D eigenvalue weighted by atomic mass is 9.94. The summed E-state index contributed by atoms with van der Waals surface area (Å²) in [5.74, 6) is 1.77. The highest BCUT2D eigenvalue weighted by atomic mass is 16.5. The molecule has 0 bridgehead atoms. The molecule has 37 heavy (non-hydrogen) atoms. The van der Waals surface area contributed by atoms with Gasteiger partial charge in [0.25, 0.3) is 5.91 Å². The van der Waals surface area contributed by atoms with Gasteiger partial charge < -0.3 is 29.7 Å². The van der Waals surface area contributed by atoms with Crippen LogP contribution in [0.2, 0.25) is 0 Å². The van der Waals surface area contributed by atoms with Gasteiger partial charge in [0.05, 0.1) is 0 Å². The van der Waals surface area contributed by atoms with E-state index < -0.39 is 6.10 Å². The minimum Gasteiger partial charge on any atom is -0.491 e. The van der Waals surface area contributed by atoms with Gasteiger partial charge >= 0.3 is 0 Å². The number of nitrogens with zero attached hydrogens (tertiary/aromatic N) is 4. The van der Waals surface area contributed by atoms with Gasteiger partial charge in [0.1, 0.15) is 30.0 Å². The Hall–Kier alpha value is -2.75. The first-order valence-corrected chi connectivity index (χ1v) is 13.5. The lowest BCUT2D eigenvalue weighted by Crippen LogP contribution is -2.41. The molecule has 1 aliphatic carbocycles. The van der Waals surface area contributed by atoms with Crippen molar-refractivity contribution >= 4 is 11.7 Å². The summed E-state index contributed by atoms with van der Waals surface area (Å²) in [5, 5.41) is 12.9. The van der Waals surface area contributed by atoms with Crippen LogP contribution in [0.15, 0.2) is 30.3 Å². The average Bonchev–Trinajstić information content (AvgIpc) is 2.96. The van der Waals surface area contributed by atoms with Crippen molar-refractivity contribution < 1.29 is 19.4 Å². The van der Waals surface area contributed by atoms with Crippen LogP contribution in [0, 0.1) is 0 Å². The number of carbonyl (C=O) groups is 1. The zero-order valence-corrected chi connectivity index (χ0v) is 22.4. The van der Waals surface area contributed by atoms with E-state index in [-0.39, 0.29) is 18.6 Å². The number of hydrogen-bond donors (Lipinski definition) is 2. The van der Waals surface area contributed by atoms with E-state index in [0.29, 0.717) is 43.1 Å². The topological polar surface area (TPSA) is 100 Å². The second-order valence-corrected chi connectivity index (χ2v) is 10.1. The monoisotopic (exact) mass is 511 g/mol. The molecular formula is C28H41N5O4. The number of aromatic nitrogens is 2. The maximum absolute atomic E-state index is 13.6. The van der Waals surface area contributed by atoms with Crippen LogP contribution in [0.3, 0.4) is 0 Å². The molecule has 1 unspecified atom stereocenters. The van der Waals surface area contributed by atoms with Gasteiger partial charge in [-0.2, -0.15) is 0 Å². The zero-order chi connectivity index (χ0) is 26.2. The van der Waals surface area contributed by atoms with Crippen molar-refractivity contribution in [2.45, 2.75) is 63.1 Å². The summed E-state index contributed by atoms with van der Waals surface area (Å²) >= 11 is 0. The van der Waals surface area contributed by atoms with Crippen LogP contribution in [-0.2, 0) is 4.74 Å². The van der Waals surface area contributed by atoms with Gasteiger partial charge in [0.15, 0.2) is 5.82 Å². The van der Waals surface area contributed by atoms with Crippen molar-refractivity contribution in [1.29, 1.82) is 0 Å². The van der Waals surface area contributed by atoms with Gasteiger partial charge in [-0.1, -0.05) is 31.4 Å². The van der Waals surface area contributed by atoms with E-state index >= 15 is 0 Å². The average molecular weight is 512 g/mol. The number of rotatable bonds is 10. The molecule has 2 N–H and O–H groups in total. The second-order valence-electron chi connectivity index (χ2n) is 10.1. The zero-order valence-electron chi connectivity index (χ0n) is 22.4. The molecule has 0 spiro atoms. The summed E-state index contributed by atoms with van der Waals surface area (Å²) in [6.07, 6.45) is 6.99. The Kier molecular flexibility index (Phi) is 9.71. The number of likely N-dealkylation sites (N-methyl/N-ethyl adjacent to an activating group) is 1. The molecule has 2 fully saturated rings. The van der Waals surface area contributed by atoms with Crippen molar-refractivity contribution in [1.82, 2.24) is 20.2 Å². The molecule has 1 saturated heterocycles. The Morgan fingerprint density at radius 1 is 1.11 bits per heavy atom. The van der Waals surface area contributed by atoms with Gasteiger partial charge in [0, 0.05) is 57.6 Å². The minimum absolute atomic E-state index is 0.101. The van der Waals surface area contributed by atoms with Crippen LogP contribution < -0.4 is 15.0 Å². The van der Waals surface area contributed by atoms with E-state index in [2.05, 4.69) is 17.3 Å². The van der Waals surface area contributed by atoms with E-state index in [1.54, 1.807) is 7.05 Å². The van der Waals surface area contributed by atoms with Crippen molar-refractivity contribution in [3.8, 4) is 17.1 Å². The number of aliphatic hydroxyl groups is 1. The van der Waals surface area contributed by atoms with Gasteiger partial charge in [-0.05, 0) is 44.9 Å². The molecule has 1 atom stereocenters. The fourth-order valence-corrected chi connectivity index (χ4v) is 5.14. The van der Waals surface area contributed by atoms with Crippen molar-refractivity contribution in [3.05, 3.63) is 36.0 Å². The van der Waals surface area contributed by atoms with E-state index in [1.807, 2.05) is 42.3 Å². The first-order chi connectivity index (χ1) is 18.0. The van der Waals surface area contributed by atoms with Crippen LogP contribution in [0.4, 0.5) is 5.82 Å². The molecule has 1 aliphatic heterocycles. The molecule has 1 saturated carbocycles. The molecule has 2 aromatic rings. The highest BCUT2D eigenvalue weighted by Crippen LogP contribution is 2.29. The second kappa shape index (κ2) is 13.2. The largest absolute Gasteiger partial charge is 0.491 e. The molecule has 202 valence electrons. The SMILES string of the molecule is CNCC(O)COc1cccc(-c2nc(C(=O)N(C)C3CCOCC3)cc(N(C)C3CCCCC3)n2)c1. The first kappa shape index (κ1) is 27.3. The standard InChI is InChI=1S/C28H41N5O4/c1-29-18-23(34)19-37-24-11-7-8-20(16-24)27-30-25(28(35)33(3)22-12-14-36-15-13-22)17-26(31-27)32(2)21-9-5-4-6-10-21/h7-8,11,16-17,21-23,29,34H,4-6,9-10,12-15,18-19H2,1-3H3. The third kappa shape index (κ3) is 7.18. The molecular weight excluding hydrogens is 470 g/mol. The summed E-state index contributed by atoms with van der Waals surface area (Å²) in [6.45, 7) is 1.96. The van der Waals surface area contributed by atoms with Crippen molar-refractivity contribution in [3.63, 3.8) is 0 Å². The quantitative estimate of drug-likeness (QED) is 0.502. The fraction of sp³-hybridized carbons (Fsp3) is 0.607. The maximum Gasteiger partial charge on any atom is 0.272 e. The highest BCUT2D eigenvalue weighted by molar-refractivity contribution is 5.93. The number of benzene rings is 1. The Bertz CT molecular complexity index is 1020. The number of nitrogens with one attached hydrogen (secondary N) is 1. The van der Waals surface area contributed by atoms with Crippen molar-refractivity contribution in [2.24, 2.45) is 0 Å². The van der Waals surface area contributed by atoms with E-state index in [1.165, 1.54) is 19.3 Å². The smallest absolute Gasteiger partial charge is 0.272 e. The number of ether oxygens (including phenoxy) is 2. The van der Waals surface area contributed by atoms with Crippen LogP contribution in [0.5, 0.6) is 5.75 Å². The third-order valence-electron chi connectivity index (χ3n) is 7.45. The first-order valence-electron chi connectivity index (χ1n) is 13.5. The summed E-state index contributed by atoms with van der Waals surface area (Å²) in [7, 11) is 5.72. The number of hydrogen-bond acceptors (Lipinski definition) is 8. The third-order valence-corrected chi connectivity index (χ3v) is 7.45. The van der Waals surface area contributed by atoms with Crippen LogP contribution in [-0.4, -0.2) is 91.6 Å². The highest BCUT2D eigenvalue weighted by Gasteiger charge is 2.27. The van der Waals surface area contributed by atoms with Gasteiger partial charge in [-0.25, -0.2) is 9.97 Å². The number of carbonyl (C=O) groups excluding carboxylic acids is 1. The molecule has 0 radical (unpaired) electrons. The van der Waals surface area contributed by atoms with E-state index in [0.717, 1.165) is 37.1 Å². The van der Waals surface area contributed by atoms with E-state index in [4.69, 9.17) is 19.4 Å². The summed E-state index contributed by atoms with van der Waals surface area (Å²) in [4.78, 5) is 27.3. The number of amides is 1. The maximum atomic E-state index is 13.6. The van der Waals surface area contributed by atoms with Crippen LogP contribution in [0.25, 0.3) is 11.4 Å². The van der Waals surface area contributed by atoms with Gasteiger partial charge in [-0.15, -0.1) is 0 Å². The lowest BCUT2D eigenvalue weighted by Gasteiger charge is -2.33. The van der Waals surface area contributed by atoms with Crippen LogP contribution in [0.1, 0.15) is 55.4 Å². The Labute approximate surface area is 220 Å². The molecule has 2 heterocycles. The Morgan fingerprint density at radius 3 is 2.59 bits per heavy atom. The fourth-order valence-electron chi connectivity index (χ4n) is 5.14. The normalized spacial score (nSPS) is 17.8. The lowest BCUT2D eigenvalue weighted by molar-refractivity contribution is 0.0359. The molecule has 9 nitrogen and oxygen atoms in total. The Balaban J connectivity index is 1.63. The molecule has 9 heteroatoms. The van der Waals surface area contributed by atoms with Gasteiger partial charge in [-0.3, -0.25) is 4.79 Å². The Morgan fingerprint density at radius 2 is 1.86 bits per heavy atom. The number of aliphatic hydroxyl groups excluding tert-OH is 1. The molecule has 2 aliphatic rings. The predicted octanol–water partition coefficient (Wildman–Crippen LogP) is 3.12. The minimum atomic E-state index is -0.609. The molecule has 1 amide bonds.